The minimum absolute atomic E-state index is 0. The number of rotatable bonds is 3. The van der Waals surface area contributed by atoms with Crippen LogP contribution in [0.4, 0.5) is 0 Å². The molecule has 2 heterocycles. The minimum atomic E-state index is 0. The Hall–Kier alpha value is -1.07. The van der Waals surface area contributed by atoms with Crippen molar-refractivity contribution in [2.45, 2.75) is 46.1 Å². The van der Waals surface area contributed by atoms with Gasteiger partial charge in [-0.2, -0.15) is 0 Å². The van der Waals surface area contributed by atoms with Crippen LogP contribution < -0.4 is 5.73 Å². The summed E-state index contributed by atoms with van der Waals surface area (Å²) in [6.07, 6.45) is 2.40. The Labute approximate surface area is 126 Å². The highest BCUT2D eigenvalue weighted by Gasteiger charge is 2.25. The van der Waals surface area contributed by atoms with Crippen molar-refractivity contribution >= 4 is 18.3 Å². The van der Waals surface area contributed by atoms with Crippen molar-refractivity contribution in [3.63, 3.8) is 0 Å². The highest BCUT2D eigenvalue weighted by molar-refractivity contribution is 5.85. The van der Waals surface area contributed by atoms with Gasteiger partial charge in [-0.15, -0.1) is 12.4 Å². The van der Waals surface area contributed by atoms with Crippen LogP contribution in [-0.2, 0) is 11.2 Å². The minimum Gasteiger partial charge on any atom is -0.361 e. The lowest BCUT2D eigenvalue weighted by Gasteiger charge is -2.33. The first kappa shape index (κ1) is 17.0. The van der Waals surface area contributed by atoms with Crippen molar-refractivity contribution in [2.24, 2.45) is 11.7 Å². The molecule has 0 spiro atoms. The zero-order chi connectivity index (χ0) is 14.0. The fourth-order valence-corrected chi connectivity index (χ4v) is 2.69. The monoisotopic (exact) mass is 301 g/mol. The van der Waals surface area contributed by atoms with E-state index in [4.69, 9.17) is 10.3 Å². The molecule has 1 atom stereocenters. The van der Waals surface area contributed by atoms with Crippen LogP contribution in [0.25, 0.3) is 0 Å². The van der Waals surface area contributed by atoms with Crippen LogP contribution in [0.5, 0.6) is 0 Å². The molecular weight excluding hydrogens is 278 g/mol. The molecule has 1 fully saturated rings. The van der Waals surface area contributed by atoms with E-state index in [2.05, 4.69) is 5.16 Å². The first-order chi connectivity index (χ1) is 8.99. The van der Waals surface area contributed by atoms with Crippen LogP contribution in [0.15, 0.2) is 4.52 Å². The van der Waals surface area contributed by atoms with Crippen LogP contribution in [0.3, 0.4) is 0 Å². The molecule has 1 amide bonds. The Morgan fingerprint density at radius 1 is 1.45 bits per heavy atom. The number of likely N-dealkylation sites (tertiary alicyclic amines) is 1. The highest BCUT2D eigenvalue weighted by atomic mass is 35.5. The number of nitrogens with zero attached hydrogens (tertiary/aromatic N) is 2. The average molecular weight is 302 g/mol. The van der Waals surface area contributed by atoms with Gasteiger partial charge < -0.3 is 15.2 Å². The second kappa shape index (κ2) is 7.09. The number of amides is 1. The van der Waals surface area contributed by atoms with Gasteiger partial charge in [-0.1, -0.05) is 5.16 Å². The third-order valence-corrected chi connectivity index (χ3v) is 4.15. The second-order valence-corrected chi connectivity index (χ2v) is 5.56. The van der Waals surface area contributed by atoms with Gasteiger partial charge in [0.25, 0.3) is 0 Å². The molecule has 1 saturated heterocycles. The number of aryl methyl sites for hydroxylation is 2. The Kier molecular flexibility index (Phi) is 6.02. The molecule has 1 aromatic heterocycles. The first-order valence-electron chi connectivity index (χ1n) is 6.94. The summed E-state index contributed by atoms with van der Waals surface area (Å²) in [5.41, 5.74) is 7.66. The van der Waals surface area contributed by atoms with Crippen molar-refractivity contribution in [1.82, 2.24) is 10.1 Å². The van der Waals surface area contributed by atoms with Gasteiger partial charge in [0.2, 0.25) is 5.91 Å². The largest absolute Gasteiger partial charge is 0.361 e. The number of hydrogen-bond acceptors (Lipinski definition) is 4. The van der Waals surface area contributed by atoms with E-state index in [9.17, 15) is 4.79 Å². The van der Waals surface area contributed by atoms with Crippen molar-refractivity contribution in [3.05, 3.63) is 17.0 Å². The van der Waals surface area contributed by atoms with Crippen LogP contribution >= 0.6 is 12.4 Å². The predicted octanol–water partition coefficient (Wildman–Crippen LogP) is 1.84. The molecule has 2 N–H and O–H groups in total. The van der Waals surface area contributed by atoms with Crippen molar-refractivity contribution < 1.29 is 9.32 Å². The Balaban J connectivity index is 0.00000200. The highest BCUT2D eigenvalue weighted by Crippen LogP contribution is 2.21. The summed E-state index contributed by atoms with van der Waals surface area (Å²) in [6.45, 7) is 7.40. The zero-order valence-corrected chi connectivity index (χ0v) is 13.2. The maximum Gasteiger partial charge on any atom is 0.227 e. The average Bonchev–Trinajstić information content (AvgIpc) is 2.70. The lowest BCUT2D eigenvalue weighted by atomic mass is 9.90. The normalized spacial score (nSPS) is 17.7. The molecule has 6 heteroatoms. The quantitative estimate of drug-likeness (QED) is 0.924. The molecule has 1 unspecified atom stereocenters. The molecule has 1 aromatic rings. The van der Waals surface area contributed by atoms with Crippen molar-refractivity contribution in [2.75, 3.05) is 13.1 Å². The molecule has 1 aliphatic rings. The standard InChI is InChI=1S/C14H23N3O2.ClH/c1-9(15)12-4-6-17(7-5-12)14(18)8-13-10(2)16-19-11(13)3;/h9,12H,4-8,15H2,1-3H3;1H. The van der Waals surface area contributed by atoms with E-state index < -0.39 is 0 Å². The third-order valence-electron chi connectivity index (χ3n) is 4.15. The summed E-state index contributed by atoms with van der Waals surface area (Å²) < 4.78 is 5.09. The van der Waals surface area contributed by atoms with Crippen LogP contribution in [0.1, 0.15) is 36.8 Å². The van der Waals surface area contributed by atoms with E-state index in [1.807, 2.05) is 25.7 Å². The molecular formula is C14H24ClN3O2. The Morgan fingerprint density at radius 3 is 2.50 bits per heavy atom. The summed E-state index contributed by atoms with van der Waals surface area (Å²) in [5, 5.41) is 3.89. The lowest BCUT2D eigenvalue weighted by molar-refractivity contribution is -0.132. The van der Waals surface area contributed by atoms with Crippen molar-refractivity contribution in [3.8, 4) is 0 Å². The summed E-state index contributed by atoms with van der Waals surface area (Å²) >= 11 is 0. The van der Waals surface area contributed by atoms with Gasteiger partial charge in [0.15, 0.2) is 0 Å². The molecule has 20 heavy (non-hydrogen) atoms. The van der Waals surface area contributed by atoms with Gasteiger partial charge in [-0.3, -0.25) is 4.79 Å². The smallest absolute Gasteiger partial charge is 0.227 e. The lowest BCUT2D eigenvalue weighted by Crippen LogP contribution is -2.43. The number of nitrogens with two attached hydrogens (primary N) is 1. The zero-order valence-electron chi connectivity index (χ0n) is 12.4. The Bertz CT molecular complexity index is 432. The number of aromatic nitrogens is 1. The molecule has 0 aliphatic carbocycles. The maximum atomic E-state index is 12.3. The predicted molar refractivity (Wildman–Crippen MR) is 79.9 cm³/mol. The fraction of sp³-hybridized carbons (Fsp3) is 0.714. The fourth-order valence-electron chi connectivity index (χ4n) is 2.69. The summed E-state index contributed by atoms with van der Waals surface area (Å²) in [7, 11) is 0. The number of hydrogen-bond donors (Lipinski definition) is 1. The molecule has 0 bridgehead atoms. The van der Waals surface area contributed by atoms with Gasteiger partial charge in [-0.05, 0) is 39.5 Å². The molecule has 1 aliphatic heterocycles. The van der Waals surface area contributed by atoms with E-state index in [0.717, 1.165) is 42.9 Å². The third kappa shape index (κ3) is 3.73. The van der Waals surface area contributed by atoms with E-state index in [1.54, 1.807) is 0 Å². The van der Waals surface area contributed by atoms with E-state index >= 15 is 0 Å². The summed E-state index contributed by atoms with van der Waals surface area (Å²) in [4.78, 5) is 14.2. The molecule has 0 aromatic carbocycles. The summed E-state index contributed by atoms with van der Waals surface area (Å²) in [5.74, 6) is 1.46. The molecule has 0 radical (unpaired) electrons. The number of carbonyl (C=O) groups excluding carboxylic acids is 1. The first-order valence-corrected chi connectivity index (χ1v) is 6.94. The molecule has 114 valence electrons. The Morgan fingerprint density at radius 2 is 2.05 bits per heavy atom. The number of piperidine rings is 1. The number of carbonyl (C=O) groups is 1. The van der Waals surface area contributed by atoms with E-state index in [0.29, 0.717) is 12.3 Å². The van der Waals surface area contributed by atoms with E-state index in [1.165, 1.54) is 0 Å². The van der Waals surface area contributed by atoms with Crippen LogP contribution in [0.2, 0.25) is 0 Å². The molecule has 2 rings (SSSR count). The molecule has 5 nitrogen and oxygen atoms in total. The van der Waals surface area contributed by atoms with Crippen LogP contribution in [0, 0.1) is 19.8 Å². The molecule has 0 saturated carbocycles. The van der Waals surface area contributed by atoms with Gasteiger partial charge in [0, 0.05) is 24.7 Å². The SMILES string of the molecule is Cc1noc(C)c1CC(=O)N1CCC(C(C)N)CC1.Cl. The van der Waals surface area contributed by atoms with Gasteiger partial charge >= 0.3 is 0 Å². The second-order valence-electron chi connectivity index (χ2n) is 5.56. The van der Waals surface area contributed by atoms with Gasteiger partial charge in [0.05, 0.1) is 12.1 Å². The summed E-state index contributed by atoms with van der Waals surface area (Å²) in [6, 6.07) is 0.222. The van der Waals surface area contributed by atoms with Gasteiger partial charge in [-0.25, -0.2) is 0 Å². The van der Waals surface area contributed by atoms with Crippen LogP contribution in [-0.4, -0.2) is 35.1 Å². The van der Waals surface area contributed by atoms with Gasteiger partial charge in [0.1, 0.15) is 5.76 Å². The number of halogens is 1. The topological polar surface area (TPSA) is 72.4 Å². The maximum absolute atomic E-state index is 12.3. The van der Waals surface area contributed by atoms with E-state index in [-0.39, 0.29) is 24.4 Å². The van der Waals surface area contributed by atoms with Crippen molar-refractivity contribution in [1.29, 1.82) is 0 Å².